The molecule has 0 unspecified atom stereocenters. The van der Waals surface area contributed by atoms with E-state index in [0.29, 0.717) is 0 Å². The molecular formula is C15H20N2O2. The summed E-state index contributed by atoms with van der Waals surface area (Å²) in [6.45, 7) is 3.36. The number of carbonyl (C=O) groups is 1. The van der Waals surface area contributed by atoms with Gasteiger partial charge in [0.25, 0.3) is 0 Å². The van der Waals surface area contributed by atoms with E-state index in [2.05, 4.69) is 4.90 Å². The van der Waals surface area contributed by atoms with Crippen LogP contribution in [0.15, 0.2) is 36.5 Å². The van der Waals surface area contributed by atoms with Gasteiger partial charge in [0, 0.05) is 50.7 Å². The summed E-state index contributed by atoms with van der Waals surface area (Å²) in [5, 5.41) is 0. The molecule has 0 N–H and O–H groups in total. The highest BCUT2D eigenvalue weighted by Crippen LogP contribution is 2.17. The predicted octanol–water partition coefficient (Wildman–Crippen LogP) is 1.78. The smallest absolute Gasteiger partial charge is 0.187 e. The number of hydrogen-bond acceptors (Lipinski definition) is 4. The zero-order chi connectivity index (χ0) is 13.7. The summed E-state index contributed by atoms with van der Waals surface area (Å²) in [6.07, 6.45) is 3.35. The summed E-state index contributed by atoms with van der Waals surface area (Å²) in [6, 6.07) is 7.77. The molecule has 1 saturated heterocycles. The quantitative estimate of drug-likeness (QED) is 0.610. The van der Waals surface area contributed by atoms with Crippen LogP contribution in [0.2, 0.25) is 0 Å². The number of benzene rings is 1. The highest BCUT2D eigenvalue weighted by Gasteiger charge is 2.11. The summed E-state index contributed by atoms with van der Waals surface area (Å²) < 4.78 is 5.33. The van der Waals surface area contributed by atoms with Crippen LogP contribution in [0.25, 0.3) is 0 Å². The standard InChI is InChI=1S/C15H20N2O2/c1-16(2)8-7-15(18)13-3-5-14(6-4-13)17-9-11-19-12-10-17/h3-8H,9-12H2,1-2H3. The van der Waals surface area contributed by atoms with Gasteiger partial charge in [0.15, 0.2) is 5.78 Å². The van der Waals surface area contributed by atoms with Crippen molar-refractivity contribution in [2.45, 2.75) is 0 Å². The number of carbonyl (C=O) groups excluding carboxylic acids is 1. The Morgan fingerprint density at radius 3 is 2.42 bits per heavy atom. The monoisotopic (exact) mass is 260 g/mol. The molecule has 1 aliphatic heterocycles. The molecule has 4 nitrogen and oxygen atoms in total. The first-order valence-electron chi connectivity index (χ1n) is 6.48. The SMILES string of the molecule is CN(C)C=CC(=O)c1ccc(N2CCOCC2)cc1. The molecule has 19 heavy (non-hydrogen) atoms. The normalized spacial score (nSPS) is 15.8. The Labute approximate surface area is 114 Å². The van der Waals surface area contributed by atoms with Crippen molar-refractivity contribution in [1.82, 2.24) is 4.90 Å². The van der Waals surface area contributed by atoms with E-state index in [9.17, 15) is 4.79 Å². The molecule has 0 amide bonds. The van der Waals surface area contributed by atoms with Gasteiger partial charge in [-0.25, -0.2) is 0 Å². The van der Waals surface area contributed by atoms with E-state index in [1.807, 2.05) is 43.3 Å². The largest absolute Gasteiger partial charge is 0.383 e. The van der Waals surface area contributed by atoms with Gasteiger partial charge in [-0.2, -0.15) is 0 Å². The molecule has 0 saturated carbocycles. The van der Waals surface area contributed by atoms with E-state index in [0.717, 1.165) is 37.6 Å². The van der Waals surface area contributed by atoms with Crippen LogP contribution in [0.5, 0.6) is 0 Å². The summed E-state index contributed by atoms with van der Waals surface area (Å²) >= 11 is 0. The summed E-state index contributed by atoms with van der Waals surface area (Å²) in [5.74, 6) is 0.0298. The van der Waals surface area contributed by atoms with Gasteiger partial charge in [-0.05, 0) is 24.3 Å². The number of rotatable bonds is 4. The van der Waals surface area contributed by atoms with Gasteiger partial charge in [0.2, 0.25) is 0 Å². The average Bonchev–Trinajstić information content (AvgIpc) is 2.46. The minimum Gasteiger partial charge on any atom is -0.383 e. The second-order valence-electron chi connectivity index (χ2n) is 4.79. The summed E-state index contributed by atoms with van der Waals surface area (Å²) in [5.41, 5.74) is 1.87. The lowest BCUT2D eigenvalue weighted by atomic mass is 10.1. The van der Waals surface area contributed by atoms with Crippen LogP contribution in [-0.2, 0) is 4.74 Å². The lowest BCUT2D eigenvalue weighted by molar-refractivity contribution is 0.104. The fourth-order valence-corrected chi connectivity index (χ4v) is 1.97. The number of ketones is 1. The maximum Gasteiger partial charge on any atom is 0.187 e. The van der Waals surface area contributed by atoms with E-state index >= 15 is 0 Å². The van der Waals surface area contributed by atoms with Gasteiger partial charge in [0.1, 0.15) is 0 Å². The van der Waals surface area contributed by atoms with E-state index in [1.165, 1.54) is 0 Å². The fraction of sp³-hybridized carbons (Fsp3) is 0.400. The molecule has 4 heteroatoms. The number of ether oxygens (including phenoxy) is 1. The van der Waals surface area contributed by atoms with Crippen molar-refractivity contribution in [2.24, 2.45) is 0 Å². The zero-order valence-electron chi connectivity index (χ0n) is 11.5. The molecule has 1 heterocycles. The van der Waals surface area contributed by atoms with Crippen molar-refractivity contribution in [1.29, 1.82) is 0 Å². The molecular weight excluding hydrogens is 240 g/mol. The molecule has 0 aromatic heterocycles. The van der Waals surface area contributed by atoms with Gasteiger partial charge >= 0.3 is 0 Å². The van der Waals surface area contributed by atoms with Crippen LogP contribution >= 0.6 is 0 Å². The molecule has 0 spiro atoms. The topological polar surface area (TPSA) is 32.8 Å². The number of morpholine rings is 1. The summed E-state index contributed by atoms with van der Waals surface area (Å²) in [7, 11) is 3.79. The van der Waals surface area contributed by atoms with Gasteiger partial charge in [-0.3, -0.25) is 4.79 Å². The number of allylic oxidation sites excluding steroid dienone is 1. The van der Waals surface area contributed by atoms with Crippen molar-refractivity contribution in [3.05, 3.63) is 42.1 Å². The molecule has 0 radical (unpaired) electrons. The van der Waals surface area contributed by atoms with Crippen molar-refractivity contribution in [3.8, 4) is 0 Å². The van der Waals surface area contributed by atoms with Crippen LogP contribution in [0.4, 0.5) is 5.69 Å². The second kappa shape index (κ2) is 6.38. The first kappa shape index (κ1) is 13.6. The lowest BCUT2D eigenvalue weighted by Crippen LogP contribution is -2.36. The minimum atomic E-state index is 0.0298. The van der Waals surface area contributed by atoms with Crippen LogP contribution < -0.4 is 4.90 Å². The minimum absolute atomic E-state index is 0.0298. The Morgan fingerprint density at radius 2 is 1.84 bits per heavy atom. The van der Waals surface area contributed by atoms with E-state index in [4.69, 9.17) is 4.74 Å². The first-order chi connectivity index (χ1) is 9.16. The highest BCUT2D eigenvalue weighted by molar-refractivity contribution is 6.04. The Hall–Kier alpha value is -1.81. The van der Waals surface area contributed by atoms with Gasteiger partial charge in [0.05, 0.1) is 13.2 Å². The highest BCUT2D eigenvalue weighted by atomic mass is 16.5. The molecule has 1 aromatic rings. The maximum absolute atomic E-state index is 11.9. The van der Waals surface area contributed by atoms with Gasteiger partial charge in [-0.15, -0.1) is 0 Å². The van der Waals surface area contributed by atoms with Crippen LogP contribution in [0.1, 0.15) is 10.4 Å². The van der Waals surface area contributed by atoms with Crippen LogP contribution in [0.3, 0.4) is 0 Å². The van der Waals surface area contributed by atoms with Crippen molar-refractivity contribution >= 4 is 11.5 Å². The molecule has 1 fully saturated rings. The van der Waals surface area contributed by atoms with Crippen molar-refractivity contribution < 1.29 is 9.53 Å². The fourth-order valence-electron chi connectivity index (χ4n) is 1.97. The third kappa shape index (κ3) is 3.83. The van der Waals surface area contributed by atoms with Crippen molar-refractivity contribution in [3.63, 3.8) is 0 Å². The Kier molecular flexibility index (Phi) is 4.58. The molecule has 1 aliphatic rings. The average molecular weight is 260 g/mol. The number of hydrogen-bond donors (Lipinski definition) is 0. The third-order valence-corrected chi connectivity index (χ3v) is 3.05. The van der Waals surface area contributed by atoms with Crippen LogP contribution in [-0.4, -0.2) is 51.1 Å². The molecule has 0 atom stereocenters. The maximum atomic E-state index is 11.9. The molecule has 0 bridgehead atoms. The third-order valence-electron chi connectivity index (χ3n) is 3.05. The van der Waals surface area contributed by atoms with E-state index in [1.54, 1.807) is 12.3 Å². The number of anilines is 1. The van der Waals surface area contributed by atoms with Gasteiger partial charge in [-0.1, -0.05) is 0 Å². The van der Waals surface area contributed by atoms with Crippen LogP contribution in [0, 0.1) is 0 Å². The summed E-state index contributed by atoms with van der Waals surface area (Å²) in [4.78, 5) is 16.0. The Balaban J connectivity index is 2.03. The lowest BCUT2D eigenvalue weighted by Gasteiger charge is -2.28. The van der Waals surface area contributed by atoms with E-state index < -0.39 is 0 Å². The molecule has 1 aromatic carbocycles. The molecule has 0 aliphatic carbocycles. The predicted molar refractivity (Wildman–Crippen MR) is 76.6 cm³/mol. The van der Waals surface area contributed by atoms with E-state index in [-0.39, 0.29) is 5.78 Å². The first-order valence-corrected chi connectivity index (χ1v) is 6.48. The van der Waals surface area contributed by atoms with Crippen molar-refractivity contribution in [2.75, 3.05) is 45.3 Å². The molecule has 102 valence electrons. The zero-order valence-corrected chi connectivity index (χ0v) is 11.5. The second-order valence-corrected chi connectivity index (χ2v) is 4.79. The number of nitrogens with zero attached hydrogens (tertiary/aromatic N) is 2. The molecule has 2 rings (SSSR count). The van der Waals surface area contributed by atoms with Gasteiger partial charge < -0.3 is 14.5 Å². The Morgan fingerprint density at radius 1 is 1.21 bits per heavy atom. The Bertz CT molecular complexity index is 446.